The summed E-state index contributed by atoms with van der Waals surface area (Å²) in [5.74, 6) is 0. The average Bonchev–Trinajstić information content (AvgIpc) is 2.97. The van der Waals surface area contributed by atoms with Crippen molar-refractivity contribution in [2.45, 2.75) is 24.0 Å². The Labute approximate surface area is 136 Å². The predicted molar refractivity (Wildman–Crippen MR) is 69.3 cm³/mol. The Balaban J connectivity index is 0.000000902. The third-order valence-electron chi connectivity index (χ3n) is 3.54. The Morgan fingerprint density at radius 3 is 2.74 bits per heavy atom. The molecular formula is C16H16Cl2Ti. The van der Waals surface area contributed by atoms with Gasteiger partial charge >= 0.3 is 112 Å². The van der Waals surface area contributed by atoms with E-state index in [2.05, 4.69) is 55.5 Å². The van der Waals surface area contributed by atoms with E-state index < -0.39 is 0 Å². The smallest absolute Gasteiger partial charge is 1.00 e. The van der Waals surface area contributed by atoms with Gasteiger partial charge in [-0.15, -0.1) is 0 Å². The van der Waals surface area contributed by atoms with Gasteiger partial charge in [-0.3, -0.25) is 0 Å². The van der Waals surface area contributed by atoms with Gasteiger partial charge in [0.05, 0.1) is 0 Å². The molecule has 1 aromatic carbocycles. The van der Waals surface area contributed by atoms with Gasteiger partial charge in [0.25, 0.3) is 0 Å². The first-order chi connectivity index (χ1) is 8.38. The summed E-state index contributed by atoms with van der Waals surface area (Å²) in [5, 5.41) is 0. The van der Waals surface area contributed by atoms with Crippen molar-refractivity contribution in [2.75, 3.05) is 0 Å². The molecule has 1 atom stereocenters. The summed E-state index contributed by atoms with van der Waals surface area (Å²) in [6, 6.07) is 8.85. The zero-order valence-corrected chi connectivity index (χ0v) is 13.9. The first-order valence-corrected chi connectivity index (χ1v) is 7.99. The molecule has 98 valence electrons. The molecule has 0 saturated carbocycles. The number of benzene rings is 1. The molecular weight excluding hydrogens is 311 g/mol. The summed E-state index contributed by atoms with van der Waals surface area (Å²) in [6.07, 6.45) is 11.8. The van der Waals surface area contributed by atoms with Crippen LogP contribution in [-0.2, 0) is 19.2 Å². The minimum atomic E-state index is -0.0355. The second-order valence-electron chi connectivity index (χ2n) is 4.57. The van der Waals surface area contributed by atoms with E-state index in [1.807, 2.05) is 0 Å². The van der Waals surface area contributed by atoms with Crippen molar-refractivity contribution in [3.05, 3.63) is 63.1 Å². The van der Waals surface area contributed by atoms with Crippen LogP contribution in [0.1, 0.15) is 35.1 Å². The summed E-state index contributed by atoms with van der Waals surface area (Å²) in [7, 11) is 0. The van der Waals surface area contributed by atoms with Crippen LogP contribution in [0.4, 0.5) is 0 Å². The third-order valence-corrected chi connectivity index (χ3v) is 6.17. The first-order valence-electron chi connectivity index (χ1n) is 6.30. The van der Waals surface area contributed by atoms with E-state index in [-0.39, 0.29) is 44.0 Å². The Hall–Kier alpha value is -0.266. The largest absolute Gasteiger partial charge is 1.00 e. The molecule has 0 radical (unpaired) electrons. The monoisotopic (exact) mass is 326 g/mol. The van der Waals surface area contributed by atoms with Crippen molar-refractivity contribution in [3.8, 4) is 0 Å². The van der Waals surface area contributed by atoms with Crippen molar-refractivity contribution in [3.63, 3.8) is 0 Å². The molecule has 1 aromatic rings. The molecule has 0 heterocycles. The van der Waals surface area contributed by atoms with Crippen LogP contribution in [0, 0.1) is 0 Å². The molecule has 1 unspecified atom stereocenters. The number of hydrogen-bond acceptors (Lipinski definition) is 0. The Morgan fingerprint density at radius 1 is 1.16 bits per heavy atom. The predicted octanol–water partition coefficient (Wildman–Crippen LogP) is -1.53. The second-order valence-corrected chi connectivity index (χ2v) is 6.94. The molecule has 0 amide bonds. The molecule has 0 saturated heterocycles. The maximum atomic E-state index is 2.42. The number of hydrogen-bond donors (Lipinski definition) is 0. The number of rotatable bonds is 3. The van der Waals surface area contributed by atoms with E-state index in [0.717, 1.165) is 4.22 Å². The fourth-order valence-electron chi connectivity index (χ4n) is 2.60. The quantitative estimate of drug-likeness (QED) is 0.591. The van der Waals surface area contributed by atoms with Gasteiger partial charge in [-0.25, -0.2) is 0 Å². The van der Waals surface area contributed by atoms with Gasteiger partial charge in [0.1, 0.15) is 0 Å². The maximum Gasteiger partial charge on any atom is -1.00 e. The fraction of sp³-hybridized carbons (Fsp3) is 0.250. The Bertz CT molecular complexity index is 529. The van der Waals surface area contributed by atoms with Gasteiger partial charge in [-0.2, -0.15) is 0 Å². The summed E-state index contributed by atoms with van der Waals surface area (Å²) >= 11 is -0.0355. The molecule has 3 rings (SSSR count). The van der Waals surface area contributed by atoms with Crippen molar-refractivity contribution < 1.29 is 44.0 Å². The minimum absolute atomic E-state index is 0. The first kappa shape index (κ1) is 16.8. The standard InChI is InChI=1S/C9H7.C7H9.2ClH.Ti/c1-2-5-9-7-3-6-8(9)4-1;1-2-7-5-3-4-6-7;;;/h1-7H;3,5H,2,4H2,1H3;2*1H;/q;;;;+2/p-2. The van der Waals surface area contributed by atoms with Gasteiger partial charge in [-0.1, -0.05) is 0 Å². The topological polar surface area (TPSA) is 0 Å². The molecule has 2 aliphatic carbocycles. The number of fused-ring (bicyclic) bond motifs is 1. The molecule has 0 nitrogen and oxygen atoms in total. The van der Waals surface area contributed by atoms with Crippen molar-refractivity contribution in [1.29, 1.82) is 0 Å². The van der Waals surface area contributed by atoms with Crippen molar-refractivity contribution in [2.24, 2.45) is 0 Å². The van der Waals surface area contributed by atoms with Gasteiger partial charge in [0.15, 0.2) is 0 Å². The van der Waals surface area contributed by atoms with Crippen molar-refractivity contribution >= 4 is 6.08 Å². The van der Waals surface area contributed by atoms with Crippen LogP contribution < -0.4 is 24.8 Å². The molecule has 19 heavy (non-hydrogen) atoms. The molecule has 0 bridgehead atoms. The van der Waals surface area contributed by atoms with Gasteiger partial charge in [0.2, 0.25) is 0 Å². The summed E-state index contributed by atoms with van der Waals surface area (Å²) < 4.78 is 2.49. The van der Waals surface area contributed by atoms with E-state index in [1.165, 1.54) is 18.4 Å². The van der Waals surface area contributed by atoms with E-state index >= 15 is 0 Å². The third kappa shape index (κ3) is 3.44. The fourth-order valence-corrected chi connectivity index (χ4v) is 5.20. The van der Waals surface area contributed by atoms with Crippen LogP contribution in [0.25, 0.3) is 6.08 Å². The van der Waals surface area contributed by atoms with E-state index in [4.69, 9.17) is 0 Å². The Kier molecular flexibility index (Phi) is 6.63. The second kappa shape index (κ2) is 7.50. The van der Waals surface area contributed by atoms with Gasteiger partial charge < -0.3 is 24.8 Å². The van der Waals surface area contributed by atoms with Gasteiger partial charge in [0, 0.05) is 0 Å². The van der Waals surface area contributed by atoms with Crippen molar-refractivity contribution in [1.82, 2.24) is 0 Å². The van der Waals surface area contributed by atoms with Crippen LogP contribution in [0.15, 0.2) is 51.9 Å². The maximum absolute atomic E-state index is 2.42. The average molecular weight is 327 g/mol. The molecule has 0 aliphatic heterocycles. The molecule has 0 aromatic heterocycles. The number of allylic oxidation sites excluding steroid dienone is 5. The zero-order valence-electron chi connectivity index (χ0n) is 10.9. The van der Waals surface area contributed by atoms with E-state index in [0.29, 0.717) is 0 Å². The molecule has 0 N–H and O–H groups in total. The molecule has 0 spiro atoms. The van der Waals surface area contributed by atoms with E-state index in [9.17, 15) is 0 Å². The van der Waals surface area contributed by atoms with Crippen LogP contribution >= 0.6 is 0 Å². The zero-order chi connectivity index (χ0) is 11.7. The summed E-state index contributed by atoms with van der Waals surface area (Å²) in [4.78, 5) is 0. The van der Waals surface area contributed by atoms with Crippen LogP contribution in [0.2, 0.25) is 0 Å². The summed E-state index contributed by atoms with van der Waals surface area (Å²) in [6.45, 7) is 2.27. The Morgan fingerprint density at radius 2 is 1.95 bits per heavy atom. The van der Waals surface area contributed by atoms with Crippen LogP contribution in [0.5, 0.6) is 0 Å². The molecule has 0 fully saturated rings. The SMILES string of the molecule is CCC1=[C]([Ti+2][CH]2C=Cc3ccccc32)CC=C1.[Cl-].[Cl-]. The normalized spacial score (nSPS) is 18.7. The minimum Gasteiger partial charge on any atom is -1.00 e. The number of halogens is 2. The van der Waals surface area contributed by atoms with Gasteiger partial charge in [-0.05, 0) is 0 Å². The van der Waals surface area contributed by atoms with Crippen LogP contribution in [-0.4, -0.2) is 0 Å². The van der Waals surface area contributed by atoms with Crippen LogP contribution in [0.3, 0.4) is 0 Å². The molecule has 3 heteroatoms. The molecule has 2 aliphatic rings. The summed E-state index contributed by atoms with van der Waals surface area (Å²) in [5.41, 5.74) is 4.61. The van der Waals surface area contributed by atoms with E-state index in [1.54, 1.807) is 15.0 Å².